The second-order valence-electron chi connectivity index (χ2n) is 6.57. The predicted molar refractivity (Wildman–Crippen MR) is 112 cm³/mol. The van der Waals surface area contributed by atoms with Crippen LogP contribution in [0.4, 0.5) is 0 Å². The van der Waals surface area contributed by atoms with Gasteiger partial charge in [0.15, 0.2) is 5.96 Å². The fraction of sp³-hybridized carbons (Fsp3) is 0.556. The van der Waals surface area contributed by atoms with Gasteiger partial charge in [0.2, 0.25) is 5.91 Å². The fourth-order valence-corrected chi connectivity index (χ4v) is 2.11. The molecule has 6 heteroatoms. The first-order chi connectivity index (χ1) is 10.8. The van der Waals surface area contributed by atoms with Crippen molar-refractivity contribution in [2.45, 2.75) is 46.1 Å². The molecule has 0 fully saturated rings. The van der Waals surface area contributed by atoms with E-state index in [0.717, 1.165) is 19.4 Å². The number of guanidine groups is 1. The maximum Gasteiger partial charge on any atom is 0.239 e. The first-order valence-electron chi connectivity index (χ1n) is 8.17. The summed E-state index contributed by atoms with van der Waals surface area (Å²) >= 11 is 0. The van der Waals surface area contributed by atoms with Gasteiger partial charge in [-0.2, -0.15) is 0 Å². The topological polar surface area (TPSA) is 65.5 Å². The Hall–Kier alpha value is -1.31. The molecule has 136 valence electrons. The van der Waals surface area contributed by atoms with E-state index < -0.39 is 0 Å². The lowest BCUT2D eigenvalue weighted by atomic mass is 10.1. The third-order valence-corrected chi connectivity index (χ3v) is 3.29. The van der Waals surface area contributed by atoms with E-state index in [-0.39, 0.29) is 42.0 Å². The van der Waals surface area contributed by atoms with Gasteiger partial charge in [0, 0.05) is 19.1 Å². The van der Waals surface area contributed by atoms with E-state index in [1.54, 1.807) is 7.05 Å². The fourth-order valence-electron chi connectivity index (χ4n) is 2.11. The monoisotopic (exact) mass is 446 g/mol. The van der Waals surface area contributed by atoms with Gasteiger partial charge in [-0.05, 0) is 44.7 Å². The van der Waals surface area contributed by atoms with Crippen LogP contribution in [0.2, 0.25) is 0 Å². The van der Waals surface area contributed by atoms with Crippen LogP contribution >= 0.6 is 24.0 Å². The number of aliphatic imine (C=N–C) groups is 1. The van der Waals surface area contributed by atoms with Crippen LogP contribution in [0.15, 0.2) is 29.3 Å². The van der Waals surface area contributed by atoms with Crippen molar-refractivity contribution < 1.29 is 4.79 Å². The molecule has 0 saturated carbocycles. The number of amides is 1. The van der Waals surface area contributed by atoms with Crippen molar-refractivity contribution in [2.24, 2.45) is 4.99 Å². The molecule has 0 heterocycles. The van der Waals surface area contributed by atoms with Crippen molar-refractivity contribution in [3.63, 3.8) is 0 Å². The molecule has 0 aromatic heterocycles. The number of carbonyl (C=O) groups excluding carboxylic acids is 1. The molecule has 1 aromatic rings. The summed E-state index contributed by atoms with van der Waals surface area (Å²) in [5.41, 5.74) is 2.42. The van der Waals surface area contributed by atoms with E-state index in [4.69, 9.17) is 0 Å². The quantitative estimate of drug-likeness (QED) is 0.358. The van der Waals surface area contributed by atoms with Crippen molar-refractivity contribution in [3.05, 3.63) is 35.4 Å². The minimum Gasteiger partial charge on any atom is -0.356 e. The Kier molecular flexibility index (Phi) is 10.7. The number of carbonyl (C=O) groups is 1. The molecule has 1 aromatic carbocycles. The normalized spacial score (nSPS) is 11.5. The van der Waals surface area contributed by atoms with Gasteiger partial charge < -0.3 is 16.0 Å². The van der Waals surface area contributed by atoms with E-state index in [1.165, 1.54) is 11.1 Å². The minimum absolute atomic E-state index is 0. The molecule has 5 nitrogen and oxygen atoms in total. The second kappa shape index (κ2) is 11.3. The molecule has 0 atom stereocenters. The van der Waals surface area contributed by atoms with Crippen molar-refractivity contribution in [1.29, 1.82) is 0 Å². The van der Waals surface area contributed by atoms with Crippen molar-refractivity contribution in [1.82, 2.24) is 16.0 Å². The molecular weight excluding hydrogens is 415 g/mol. The highest BCUT2D eigenvalue weighted by molar-refractivity contribution is 14.0. The van der Waals surface area contributed by atoms with Gasteiger partial charge in [0.05, 0.1) is 6.54 Å². The zero-order valence-corrected chi connectivity index (χ0v) is 17.7. The highest BCUT2D eigenvalue weighted by Gasteiger charge is 2.13. The molecule has 24 heavy (non-hydrogen) atoms. The summed E-state index contributed by atoms with van der Waals surface area (Å²) in [6.45, 7) is 9.02. The first kappa shape index (κ1) is 22.7. The maximum absolute atomic E-state index is 11.8. The molecule has 0 spiro atoms. The lowest BCUT2D eigenvalue weighted by molar-refractivity contribution is -0.121. The summed E-state index contributed by atoms with van der Waals surface area (Å²) in [6, 6.07) is 8.65. The summed E-state index contributed by atoms with van der Waals surface area (Å²) in [5.74, 6) is 0.592. The maximum atomic E-state index is 11.8. The number of aryl methyl sites for hydroxylation is 1. The van der Waals surface area contributed by atoms with Crippen LogP contribution in [-0.2, 0) is 17.6 Å². The third kappa shape index (κ3) is 9.75. The van der Waals surface area contributed by atoms with Crippen molar-refractivity contribution in [3.8, 4) is 0 Å². The van der Waals surface area contributed by atoms with Crippen LogP contribution in [0.1, 0.15) is 38.8 Å². The van der Waals surface area contributed by atoms with Crippen LogP contribution in [0.5, 0.6) is 0 Å². The lowest BCUT2D eigenvalue weighted by Gasteiger charge is -2.21. The summed E-state index contributed by atoms with van der Waals surface area (Å²) in [4.78, 5) is 15.9. The highest BCUT2D eigenvalue weighted by atomic mass is 127. The van der Waals surface area contributed by atoms with Gasteiger partial charge in [0.1, 0.15) is 0 Å². The number of hydrogen-bond donors (Lipinski definition) is 3. The summed E-state index contributed by atoms with van der Waals surface area (Å²) in [5, 5.41) is 9.15. The number of halogens is 1. The predicted octanol–water partition coefficient (Wildman–Crippen LogP) is 2.49. The van der Waals surface area contributed by atoms with Crippen LogP contribution in [0, 0.1) is 0 Å². The van der Waals surface area contributed by atoms with Gasteiger partial charge >= 0.3 is 0 Å². The van der Waals surface area contributed by atoms with Crippen molar-refractivity contribution >= 4 is 35.8 Å². The van der Waals surface area contributed by atoms with Crippen LogP contribution in [-0.4, -0.2) is 37.5 Å². The summed E-state index contributed by atoms with van der Waals surface area (Å²) in [7, 11) is 1.70. The molecule has 1 amide bonds. The molecular formula is C18H31IN4O. The number of nitrogens with zero attached hydrogens (tertiary/aromatic N) is 1. The molecule has 0 bridgehead atoms. The van der Waals surface area contributed by atoms with Crippen molar-refractivity contribution in [2.75, 3.05) is 20.1 Å². The molecule has 0 aliphatic carbocycles. The largest absolute Gasteiger partial charge is 0.356 e. The van der Waals surface area contributed by atoms with Crippen LogP contribution in [0.25, 0.3) is 0 Å². The van der Waals surface area contributed by atoms with Crippen LogP contribution in [0.3, 0.4) is 0 Å². The standard InChI is InChI=1S/C18H30N4O.HI/c1-6-14-7-9-15(10-8-14)11-12-20-17(19-5)21-13-16(23)22-18(2,3)4;/h7-10H,6,11-13H2,1-5H3,(H,22,23)(H2,19,20,21);1H. The summed E-state index contributed by atoms with van der Waals surface area (Å²) in [6.07, 6.45) is 1.98. The third-order valence-electron chi connectivity index (χ3n) is 3.29. The van der Waals surface area contributed by atoms with Gasteiger partial charge in [-0.15, -0.1) is 24.0 Å². The van der Waals surface area contributed by atoms with E-state index in [1.807, 2.05) is 20.8 Å². The van der Waals surface area contributed by atoms with E-state index in [9.17, 15) is 4.79 Å². The van der Waals surface area contributed by atoms with Gasteiger partial charge in [-0.1, -0.05) is 31.2 Å². The van der Waals surface area contributed by atoms with Gasteiger partial charge in [-0.3, -0.25) is 9.79 Å². The average Bonchev–Trinajstić information content (AvgIpc) is 2.49. The Balaban J connectivity index is 0.00000529. The minimum atomic E-state index is -0.222. The second-order valence-corrected chi connectivity index (χ2v) is 6.57. The summed E-state index contributed by atoms with van der Waals surface area (Å²) < 4.78 is 0. The van der Waals surface area contributed by atoms with Crippen LogP contribution < -0.4 is 16.0 Å². The van der Waals surface area contributed by atoms with Gasteiger partial charge in [-0.25, -0.2) is 0 Å². The van der Waals surface area contributed by atoms with E-state index in [2.05, 4.69) is 52.1 Å². The average molecular weight is 446 g/mol. The van der Waals surface area contributed by atoms with Gasteiger partial charge in [0.25, 0.3) is 0 Å². The first-order valence-corrected chi connectivity index (χ1v) is 8.17. The Morgan fingerprint density at radius 1 is 1.08 bits per heavy atom. The van der Waals surface area contributed by atoms with E-state index in [0.29, 0.717) is 5.96 Å². The smallest absolute Gasteiger partial charge is 0.239 e. The zero-order chi connectivity index (χ0) is 17.3. The number of nitrogens with one attached hydrogen (secondary N) is 3. The molecule has 0 unspecified atom stereocenters. The highest BCUT2D eigenvalue weighted by Crippen LogP contribution is 2.05. The zero-order valence-electron chi connectivity index (χ0n) is 15.4. The molecule has 0 saturated heterocycles. The Bertz CT molecular complexity index is 521. The molecule has 0 aliphatic heterocycles. The Morgan fingerprint density at radius 2 is 1.67 bits per heavy atom. The SMILES string of the molecule is CCc1ccc(CCNC(=NC)NCC(=O)NC(C)(C)C)cc1.I. The Morgan fingerprint density at radius 3 is 2.17 bits per heavy atom. The molecule has 3 N–H and O–H groups in total. The number of rotatable bonds is 6. The molecule has 0 aliphatic rings. The molecule has 0 radical (unpaired) electrons. The molecule has 1 rings (SSSR count). The Labute approximate surface area is 163 Å². The lowest BCUT2D eigenvalue weighted by Crippen LogP contribution is -2.48. The number of benzene rings is 1. The van der Waals surface area contributed by atoms with E-state index >= 15 is 0 Å². The number of hydrogen-bond acceptors (Lipinski definition) is 2.